The first-order chi connectivity index (χ1) is 7.52. The molecule has 0 aliphatic heterocycles. The van der Waals surface area contributed by atoms with Crippen molar-refractivity contribution in [2.45, 2.75) is 19.4 Å². The van der Waals surface area contributed by atoms with Gasteiger partial charge in [0.2, 0.25) is 5.91 Å². The number of hydrogen-bond donors (Lipinski definition) is 3. The number of amides is 1. The third kappa shape index (κ3) is 3.59. The van der Waals surface area contributed by atoms with Crippen LogP contribution in [-0.4, -0.2) is 39.7 Å². The van der Waals surface area contributed by atoms with Gasteiger partial charge in [0.25, 0.3) is 0 Å². The number of aromatic nitrogens is 1. The molecule has 0 aromatic carbocycles. The zero-order valence-corrected chi connectivity index (χ0v) is 9.45. The number of aliphatic carboxylic acids is 1. The van der Waals surface area contributed by atoms with E-state index in [2.05, 4.69) is 10.3 Å². The number of rotatable bonds is 5. The number of thiazole rings is 1. The lowest BCUT2D eigenvalue weighted by atomic mass is 10.2. The van der Waals surface area contributed by atoms with Gasteiger partial charge in [-0.15, -0.1) is 11.3 Å². The van der Waals surface area contributed by atoms with Crippen molar-refractivity contribution in [3.8, 4) is 0 Å². The van der Waals surface area contributed by atoms with Crippen LogP contribution < -0.4 is 5.32 Å². The van der Waals surface area contributed by atoms with Crippen LogP contribution in [0.25, 0.3) is 0 Å². The first-order valence-corrected chi connectivity index (χ1v) is 5.45. The van der Waals surface area contributed by atoms with Gasteiger partial charge in [-0.2, -0.15) is 0 Å². The number of nitrogens with zero attached hydrogens (tertiary/aromatic N) is 1. The number of carbonyl (C=O) groups excluding carboxylic acids is 1. The van der Waals surface area contributed by atoms with Gasteiger partial charge in [-0.1, -0.05) is 0 Å². The van der Waals surface area contributed by atoms with Crippen molar-refractivity contribution in [1.82, 2.24) is 10.3 Å². The third-order valence-corrected chi connectivity index (χ3v) is 2.65. The predicted molar refractivity (Wildman–Crippen MR) is 57.2 cm³/mol. The summed E-state index contributed by atoms with van der Waals surface area (Å²) in [5, 5.41) is 22.1. The Balaban J connectivity index is 2.50. The first kappa shape index (κ1) is 12.6. The van der Waals surface area contributed by atoms with Crippen molar-refractivity contribution < 1.29 is 19.8 Å². The lowest BCUT2D eigenvalue weighted by Gasteiger charge is -2.10. The highest BCUT2D eigenvalue weighted by Crippen LogP contribution is 2.08. The Morgan fingerprint density at radius 2 is 2.31 bits per heavy atom. The Hall–Kier alpha value is -1.47. The fourth-order valence-corrected chi connectivity index (χ4v) is 1.70. The minimum atomic E-state index is -1.26. The highest BCUT2D eigenvalue weighted by atomic mass is 32.1. The molecule has 0 saturated carbocycles. The van der Waals surface area contributed by atoms with E-state index in [9.17, 15) is 9.59 Å². The van der Waals surface area contributed by atoms with Crippen molar-refractivity contribution in [2.75, 3.05) is 6.61 Å². The van der Waals surface area contributed by atoms with Crippen LogP contribution in [0.1, 0.15) is 10.7 Å². The van der Waals surface area contributed by atoms with E-state index in [0.29, 0.717) is 5.69 Å². The van der Waals surface area contributed by atoms with Gasteiger partial charge in [0, 0.05) is 5.38 Å². The molecule has 3 N–H and O–H groups in total. The van der Waals surface area contributed by atoms with Gasteiger partial charge in [-0.25, -0.2) is 9.78 Å². The molecule has 1 aromatic heterocycles. The number of carbonyl (C=O) groups is 2. The smallest absolute Gasteiger partial charge is 0.328 e. The molecule has 88 valence electrons. The van der Waals surface area contributed by atoms with Crippen molar-refractivity contribution in [1.29, 1.82) is 0 Å². The van der Waals surface area contributed by atoms with E-state index < -0.39 is 24.5 Å². The van der Waals surface area contributed by atoms with E-state index in [4.69, 9.17) is 10.2 Å². The third-order valence-electron chi connectivity index (χ3n) is 1.82. The van der Waals surface area contributed by atoms with Crippen LogP contribution in [0.2, 0.25) is 0 Å². The molecule has 0 aliphatic carbocycles. The van der Waals surface area contributed by atoms with Crippen molar-refractivity contribution in [3.05, 3.63) is 16.1 Å². The summed E-state index contributed by atoms with van der Waals surface area (Å²) in [5.41, 5.74) is 0.599. The standard InChI is InChI=1S/C9H12N2O4S/c1-5-10-6(4-16-5)2-8(13)11-7(3-12)9(14)15/h4,7,12H,2-3H2,1H3,(H,11,13)(H,14,15)/t7-/m1/s1. The van der Waals surface area contributed by atoms with Gasteiger partial charge < -0.3 is 15.5 Å². The number of carboxylic acid groups (broad SMARTS) is 1. The van der Waals surface area contributed by atoms with Crippen LogP contribution in [-0.2, 0) is 16.0 Å². The second kappa shape index (κ2) is 5.57. The molecular formula is C9H12N2O4S. The van der Waals surface area contributed by atoms with Crippen LogP contribution >= 0.6 is 11.3 Å². The Morgan fingerprint density at radius 3 is 2.75 bits per heavy atom. The fraction of sp³-hybridized carbons (Fsp3) is 0.444. The second-order valence-electron chi connectivity index (χ2n) is 3.18. The summed E-state index contributed by atoms with van der Waals surface area (Å²) in [7, 11) is 0. The maximum absolute atomic E-state index is 11.4. The van der Waals surface area contributed by atoms with Crippen LogP contribution in [0.5, 0.6) is 0 Å². The number of aliphatic hydroxyl groups is 1. The Morgan fingerprint density at radius 1 is 1.62 bits per heavy atom. The highest BCUT2D eigenvalue weighted by molar-refractivity contribution is 7.09. The van der Waals surface area contributed by atoms with Gasteiger partial charge in [-0.3, -0.25) is 4.79 Å². The summed E-state index contributed by atoms with van der Waals surface area (Å²) < 4.78 is 0. The van der Waals surface area contributed by atoms with Crippen molar-refractivity contribution in [3.63, 3.8) is 0 Å². The summed E-state index contributed by atoms with van der Waals surface area (Å²) >= 11 is 1.42. The van der Waals surface area contributed by atoms with Crippen molar-refractivity contribution in [2.24, 2.45) is 0 Å². The van der Waals surface area contributed by atoms with Gasteiger partial charge in [0.15, 0.2) is 0 Å². The highest BCUT2D eigenvalue weighted by Gasteiger charge is 2.19. The van der Waals surface area contributed by atoms with Crippen molar-refractivity contribution >= 4 is 23.2 Å². The zero-order valence-electron chi connectivity index (χ0n) is 8.64. The summed E-state index contributed by atoms with van der Waals surface area (Å²) in [6.07, 6.45) is 0.0219. The molecule has 1 heterocycles. The molecule has 1 rings (SSSR count). The number of aliphatic hydroxyl groups excluding tert-OH is 1. The van der Waals surface area contributed by atoms with E-state index in [1.807, 2.05) is 6.92 Å². The lowest BCUT2D eigenvalue weighted by molar-refractivity contribution is -0.142. The Labute approximate surface area is 95.9 Å². The summed E-state index contributed by atoms with van der Waals surface area (Å²) in [5.74, 6) is -1.72. The van der Waals surface area contributed by atoms with Crippen LogP contribution in [0.4, 0.5) is 0 Å². The minimum absolute atomic E-state index is 0.0219. The second-order valence-corrected chi connectivity index (χ2v) is 4.24. The largest absolute Gasteiger partial charge is 0.480 e. The normalized spacial score (nSPS) is 12.1. The SMILES string of the molecule is Cc1nc(CC(=O)N[C@H](CO)C(=O)O)cs1. The zero-order chi connectivity index (χ0) is 12.1. The molecule has 0 saturated heterocycles. The number of hydrogen-bond acceptors (Lipinski definition) is 5. The topological polar surface area (TPSA) is 99.5 Å². The number of nitrogens with one attached hydrogen (secondary N) is 1. The molecule has 0 aliphatic rings. The molecule has 1 aromatic rings. The van der Waals surface area contributed by atoms with Gasteiger partial charge in [-0.05, 0) is 6.92 Å². The maximum atomic E-state index is 11.4. The van der Waals surface area contributed by atoms with Gasteiger partial charge >= 0.3 is 5.97 Å². The molecule has 0 bridgehead atoms. The molecule has 0 unspecified atom stereocenters. The molecule has 1 amide bonds. The Bertz CT molecular complexity index is 391. The Kier molecular flexibility index (Phi) is 4.39. The molecule has 6 nitrogen and oxygen atoms in total. The summed E-state index contributed by atoms with van der Waals surface area (Å²) in [4.78, 5) is 26.0. The molecule has 0 fully saturated rings. The van der Waals surface area contributed by atoms with E-state index in [1.54, 1.807) is 5.38 Å². The number of carboxylic acids is 1. The molecule has 7 heteroatoms. The van der Waals surface area contributed by atoms with Crippen LogP contribution in [0.15, 0.2) is 5.38 Å². The first-order valence-electron chi connectivity index (χ1n) is 4.57. The van der Waals surface area contributed by atoms with E-state index in [-0.39, 0.29) is 6.42 Å². The van der Waals surface area contributed by atoms with Gasteiger partial charge in [0.1, 0.15) is 6.04 Å². The van der Waals surface area contributed by atoms with E-state index in [0.717, 1.165) is 5.01 Å². The monoisotopic (exact) mass is 244 g/mol. The van der Waals surface area contributed by atoms with E-state index >= 15 is 0 Å². The van der Waals surface area contributed by atoms with Crippen LogP contribution in [0, 0.1) is 6.92 Å². The molecule has 0 spiro atoms. The summed E-state index contributed by atoms with van der Waals surface area (Å²) in [6.45, 7) is 1.19. The number of aryl methyl sites for hydroxylation is 1. The minimum Gasteiger partial charge on any atom is -0.480 e. The maximum Gasteiger partial charge on any atom is 0.328 e. The average Bonchev–Trinajstić information content (AvgIpc) is 2.60. The summed E-state index contributed by atoms with van der Waals surface area (Å²) in [6, 6.07) is -1.26. The van der Waals surface area contributed by atoms with Gasteiger partial charge in [0.05, 0.1) is 23.7 Å². The van der Waals surface area contributed by atoms with E-state index in [1.165, 1.54) is 11.3 Å². The fourth-order valence-electron chi connectivity index (χ4n) is 1.08. The molecule has 1 atom stereocenters. The average molecular weight is 244 g/mol. The molecule has 16 heavy (non-hydrogen) atoms. The molecule has 0 radical (unpaired) electrons. The predicted octanol–water partition coefficient (Wildman–Crippen LogP) is -0.444. The molecular weight excluding hydrogens is 232 g/mol. The quantitative estimate of drug-likeness (QED) is 0.652. The van der Waals surface area contributed by atoms with Crippen LogP contribution in [0.3, 0.4) is 0 Å². The lowest BCUT2D eigenvalue weighted by Crippen LogP contribution is -2.43.